The van der Waals surface area contributed by atoms with E-state index < -0.39 is 0 Å². The summed E-state index contributed by atoms with van der Waals surface area (Å²) in [5.74, 6) is -0.0466. The number of hydrogen-bond donors (Lipinski definition) is 0. The summed E-state index contributed by atoms with van der Waals surface area (Å²) in [5.41, 5.74) is 1.24. The standard InChI is InChI=1S/C10H15NO2/c1-8-3-2-5-11(7-8)9-4-6-13-10(9)12/h9H,1-7H2. The maximum atomic E-state index is 11.3. The molecule has 2 aliphatic rings. The minimum absolute atomic E-state index is 0.0112. The Morgan fingerprint density at radius 3 is 3.00 bits per heavy atom. The Kier molecular flexibility index (Phi) is 2.36. The van der Waals surface area contributed by atoms with E-state index in [0.717, 1.165) is 32.4 Å². The van der Waals surface area contributed by atoms with Crippen molar-refractivity contribution in [3.05, 3.63) is 12.2 Å². The van der Waals surface area contributed by atoms with E-state index in [-0.39, 0.29) is 12.0 Å². The lowest BCUT2D eigenvalue weighted by Gasteiger charge is -2.30. The van der Waals surface area contributed by atoms with Crippen LogP contribution in [-0.2, 0) is 9.53 Å². The third-order valence-corrected chi connectivity index (χ3v) is 2.75. The summed E-state index contributed by atoms with van der Waals surface area (Å²) in [4.78, 5) is 13.5. The predicted octanol–water partition coefficient (Wildman–Crippen LogP) is 0.954. The first-order valence-electron chi connectivity index (χ1n) is 4.85. The van der Waals surface area contributed by atoms with Crippen LogP contribution in [0.2, 0.25) is 0 Å². The van der Waals surface area contributed by atoms with Crippen LogP contribution in [0.3, 0.4) is 0 Å². The van der Waals surface area contributed by atoms with E-state index in [4.69, 9.17) is 4.74 Å². The van der Waals surface area contributed by atoms with E-state index >= 15 is 0 Å². The second kappa shape index (κ2) is 3.50. The molecule has 0 aromatic carbocycles. The highest BCUT2D eigenvalue weighted by Crippen LogP contribution is 2.21. The summed E-state index contributed by atoms with van der Waals surface area (Å²) < 4.78 is 4.94. The molecule has 0 saturated carbocycles. The SMILES string of the molecule is C=C1CCCN(C2CCOC2=O)C1. The molecule has 72 valence electrons. The highest BCUT2D eigenvalue weighted by molar-refractivity contribution is 5.77. The van der Waals surface area contributed by atoms with Gasteiger partial charge in [-0.05, 0) is 19.4 Å². The minimum atomic E-state index is -0.0466. The van der Waals surface area contributed by atoms with E-state index in [1.165, 1.54) is 5.57 Å². The zero-order valence-corrected chi connectivity index (χ0v) is 7.79. The predicted molar refractivity (Wildman–Crippen MR) is 49.3 cm³/mol. The first kappa shape index (κ1) is 8.75. The largest absolute Gasteiger partial charge is 0.464 e. The van der Waals surface area contributed by atoms with Gasteiger partial charge < -0.3 is 4.74 Å². The molecule has 0 aromatic heterocycles. The van der Waals surface area contributed by atoms with Crippen molar-refractivity contribution in [1.29, 1.82) is 0 Å². The quantitative estimate of drug-likeness (QED) is 0.445. The second-order valence-corrected chi connectivity index (χ2v) is 3.80. The molecule has 13 heavy (non-hydrogen) atoms. The van der Waals surface area contributed by atoms with Gasteiger partial charge in [-0.25, -0.2) is 0 Å². The summed E-state index contributed by atoms with van der Waals surface area (Å²) in [7, 11) is 0. The number of esters is 1. The Morgan fingerprint density at radius 2 is 2.38 bits per heavy atom. The summed E-state index contributed by atoms with van der Waals surface area (Å²) in [6.07, 6.45) is 3.09. The molecule has 2 rings (SSSR count). The third kappa shape index (κ3) is 1.75. The van der Waals surface area contributed by atoms with E-state index in [1.54, 1.807) is 0 Å². The van der Waals surface area contributed by atoms with E-state index in [2.05, 4.69) is 11.5 Å². The molecule has 3 heteroatoms. The molecule has 2 fully saturated rings. The summed E-state index contributed by atoms with van der Waals surface area (Å²) in [6, 6.07) is 0.0112. The van der Waals surface area contributed by atoms with Crippen molar-refractivity contribution in [3.8, 4) is 0 Å². The van der Waals surface area contributed by atoms with Gasteiger partial charge in [-0.1, -0.05) is 12.2 Å². The average Bonchev–Trinajstić information content (AvgIpc) is 2.51. The maximum absolute atomic E-state index is 11.3. The fourth-order valence-corrected chi connectivity index (χ4v) is 2.06. The van der Waals surface area contributed by atoms with Crippen LogP contribution in [0.1, 0.15) is 19.3 Å². The van der Waals surface area contributed by atoms with Gasteiger partial charge in [0.25, 0.3) is 0 Å². The van der Waals surface area contributed by atoms with Crippen LogP contribution in [-0.4, -0.2) is 36.6 Å². The van der Waals surface area contributed by atoms with Crippen molar-refractivity contribution < 1.29 is 9.53 Å². The summed E-state index contributed by atoms with van der Waals surface area (Å²) in [5, 5.41) is 0. The molecule has 1 atom stereocenters. The molecule has 0 N–H and O–H groups in total. The zero-order chi connectivity index (χ0) is 9.26. The molecule has 0 radical (unpaired) electrons. The molecular weight excluding hydrogens is 166 g/mol. The van der Waals surface area contributed by atoms with Gasteiger partial charge >= 0.3 is 5.97 Å². The zero-order valence-electron chi connectivity index (χ0n) is 7.79. The fraction of sp³-hybridized carbons (Fsp3) is 0.700. The lowest BCUT2D eigenvalue weighted by Crippen LogP contribution is -2.42. The lowest BCUT2D eigenvalue weighted by molar-refractivity contribution is -0.142. The normalized spacial score (nSPS) is 30.6. The Bertz CT molecular complexity index is 237. The molecular formula is C10H15NO2. The number of carbonyl (C=O) groups excluding carboxylic acids is 1. The monoisotopic (exact) mass is 181 g/mol. The number of cyclic esters (lactones) is 1. The van der Waals surface area contributed by atoms with Crippen LogP contribution >= 0.6 is 0 Å². The van der Waals surface area contributed by atoms with Gasteiger partial charge in [-0.3, -0.25) is 9.69 Å². The number of ether oxygens (including phenoxy) is 1. The average molecular weight is 181 g/mol. The lowest BCUT2D eigenvalue weighted by atomic mass is 10.0. The molecule has 1 unspecified atom stereocenters. The Balaban J connectivity index is 1.99. The van der Waals surface area contributed by atoms with E-state index in [1.807, 2.05) is 0 Å². The number of hydrogen-bond acceptors (Lipinski definition) is 3. The molecule has 0 amide bonds. The van der Waals surface area contributed by atoms with E-state index in [0.29, 0.717) is 6.61 Å². The number of rotatable bonds is 1. The van der Waals surface area contributed by atoms with Crippen LogP contribution < -0.4 is 0 Å². The van der Waals surface area contributed by atoms with Crippen LogP contribution in [0.5, 0.6) is 0 Å². The molecule has 2 heterocycles. The number of nitrogens with zero attached hydrogens (tertiary/aromatic N) is 1. The fourth-order valence-electron chi connectivity index (χ4n) is 2.06. The minimum Gasteiger partial charge on any atom is -0.464 e. The molecule has 2 aliphatic heterocycles. The van der Waals surface area contributed by atoms with Gasteiger partial charge in [0.2, 0.25) is 0 Å². The smallest absolute Gasteiger partial charge is 0.323 e. The Labute approximate surface area is 78.4 Å². The van der Waals surface area contributed by atoms with Crippen LogP contribution in [0.4, 0.5) is 0 Å². The van der Waals surface area contributed by atoms with Crippen LogP contribution in [0.25, 0.3) is 0 Å². The molecule has 0 bridgehead atoms. The van der Waals surface area contributed by atoms with Crippen LogP contribution in [0.15, 0.2) is 12.2 Å². The number of carbonyl (C=O) groups is 1. The second-order valence-electron chi connectivity index (χ2n) is 3.80. The van der Waals surface area contributed by atoms with Crippen LogP contribution in [0, 0.1) is 0 Å². The first-order chi connectivity index (χ1) is 6.27. The van der Waals surface area contributed by atoms with Gasteiger partial charge in [0.15, 0.2) is 0 Å². The molecule has 0 spiro atoms. The van der Waals surface area contributed by atoms with Gasteiger partial charge in [0.05, 0.1) is 6.61 Å². The Morgan fingerprint density at radius 1 is 1.54 bits per heavy atom. The third-order valence-electron chi connectivity index (χ3n) is 2.75. The van der Waals surface area contributed by atoms with Crippen molar-refractivity contribution in [3.63, 3.8) is 0 Å². The number of likely N-dealkylation sites (tertiary alicyclic amines) is 1. The topological polar surface area (TPSA) is 29.5 Å². The summed E-state index contributed by atoms with van der Waals surface area (Å²) >= 11 is 0. The van der Waals surface area contributed by atoms with Crippen molar-refractivity contribution in [2.45, 2.75) is 25.3 Å². The van der Waals surface area contributed by atoms with Crippen molar-refractivity contribution >= 4 is 5.97 Å². The maximum Gasteiger partial charge on any atom is 0.323 e. The van der Waals surface area contributed by atoms with Gasteiger partial charge in [-0.2, -0.15) is 0 Å². The summed E-state index contributed by atoms with van der Waals surface area (Å²) in [6.45, 7) is 6.44. The highest BCUT2D eigenvalue weighted by atomic mass is 16.5. The number of piperidine rings is 1. The van der Waals surface area contributed by atoms with Crippen molar-refractivity contribution in [1.82, 2.24) is 4.90 Å². The first-order valence-corrected chi connectivity index (χ1v) is 4.85. The van der Waals surface area contributed by atoms with Crippen molar-refractivity contribution in [2.24, 2.45) is 0 Å². The van der Waals surface area contributed by atoms with Crippen molar-refractivity contribution in [2.75, 3.05) is 19.7 Å². The molecule has 0 aliphatic carbocycles. The highest BCUT2D eigenvalue weighted by Gasteiger charge is 2.33. The van der Waals surface area contributed by atoms with Gasteiger partial charge in [0, 0.05) is 13.0 Å². The Hall–Kier alpha value is -0.830. The molecule has 3 nitrogen and oxygen atoms in total. The van der Waals surface area contributed by atoms with Gasteiger partial charge in [-0.15, -0.1) is 0 Å². The molecule has 2 saturated heterocycles. The molecule has 0 aromatic rings. The van der Waals surface area contributed by atoms with E-state index in [9.17, 15) is 4.79 Å². The van der Waals surface area contributed by atoms with Gasteiger partial charge in [0.1, 0.15) is 6.04 Å².